The van der Waals surface area contributed by atoms with E-state index in [1.807, 2.05) is 13.8 Å². The molecule has 0 rings (SSSR count). The Kier molecular flexibility index (Phi) is 14.4. The van der Waals surface area contributed by atoms with Crippen molar-refractivity contribution in [3.8, 4) is 0 Å². The third-order valence-electron chi connectivity index (χ3n) is 3.07. The summed E-state index contributed by atoms with van der Waals surface area (Å²) in [5.41, 5.74) is 4.99. The van der Waals surface area contributed by atoms with E-state index in [1.54, 1.807) is 0 Å². The van der Waals surface area contributed by atoms with Crippen molar-refractivity contribution in [1.82, 2.24) is 5.32 Å². The number of thiol groups is 1. The summed E-state index contributed by atoms with van der Waals surface area (Å²) in [4.78, 5) is 10.8. The van der Waals surface area contributed by atoms with Crippen LogP contribution in [0.5, 0.6) is 0 Å². The van der Waals surface area contributed by atoms with Gasteiger partial charge in [-0.15, -0.1) is 9.24 Å². The van der Waals surface area contributed by atoms with Crippen molar-refractivity contribution in [1.29, 1.82) is 0 Å². The zero-order valence-electron chi connectivity index (χ0n) is 14.1. The first-order chi connectivity index (χ1) is 10.9. The molecule has 0 bridgehead atoms. The van der Waals surface area contributed by atoms with Gasteiger partial charge in [0, 0.05) is 18.7 Å². The maximum atomic E-state index is 10.8. The monoisotopic (exact) mass is 370 g/mol. The molecule has 0 saturated heterocycles. The lowest BCUT2D eigenvalue weighted by Gasteiger charge is -2.31. The maximum Gasteiger partial charge on any atom is 0.276 e. The Balaban J connectivity index is 3.50. The topological polar surface area (TPSA) is 92.0 Å². The molecule has 0 aliphatic rings. The molecule has 3 N–H and O–H groups in total. The number of carbonyl (C=O) groups excluding carboxylic acids is 1. The first-order valence-electron chi connectivity index (χ1n) is 7.69. The molecule has 23 heavy (non-hydrogen) atoms. The molecule has 0 aromatic rings. The normalized spacial score (nSPS) is 13.1. The van der Waals surface area contributed by atoms with Gasteiger partial charge in [0.25, 0.3) is 5.24 Å². The summed E-state index contributed by atoms with van der Waals surface area (Å²) in [5, 5.41) is 2.31. The summed E-state index contributed by atoms with van der Waals surface area (Å²) in [6, 6.07) is 0. The van der Waals surface area contributed by atoms with Crippen LogP contribution in [-0.4, -0.2) is 75.8 Å². The molecule has 138 valence electrons. The van der Waals surface area contributed by atoms with Crippen LogP contribution >= 0.6 is 21.9 Å². The second kappa shape index (κ2) is 14.4. The van der Waals surface area contributed by atoms with Crippen LogP contribution in [0.4, 0.5) is 4.79 Å². The van der Waals surface area contributed by atoms with E-state index in [2.05, 4.69) is 27.2 Å². The summed E-state index contributed by atoms with van der Waals surface area (Å²) < 4.78 is 21.8. The first kappa shape index (κ1) is 23.1. The average molecular weight is 370 g/mol. The predicted octanol–water partition coefficient (Wildman–Crippen LogP) is 0.673. The van der Waals surface area contributed by atoms with Gasteiger partial charge in [-0.05, 0) is 13.8 Å². The Labute approximate surface area is 146 Å². The van der Waals surface area contributed by atoms with Crippen molar-refractivity contribution in [2.45, 2.75) is 25.1 Å². The van der Waals surface area contributed by atoms with Crippen LogP contribution in [0.15, 0.2) is 0 Å². The van der Waals surface area contributed by atoms with Gasteiger partial charge in [-0.3, -0.25) is 4.79 Å². The van der Waals surface area contributed by atoms with Crippen molar-refractivity contribution < 1.29 is 23.7 Å². The lowest BCUT2D eigenvalue weighted by atomic mass is 10.0. The van der Waals surface area contributed by atoms with E-state index in [0.717, 1.165) is 0 Å². The number of nitrogens with one attached hydrogen (secondary N) is 1. The van der Waals surface area contributed by atoms with Crippen molar-refractivity contribution in [3.63, 3.8) is 0 Å². The van der Waals surface area contributed by atoms with Crippen molar-refractivity contribution in [2.24, 2.45) is 5.73 Å². The highest BCUT2D eigenvalue weighted by atomic mass is 32.1. The molecule has 0 saturated carbocycles. The molecule has 0 spiro atoms. The average Bonchev–Trinajstić information content (AvgIpc) is 2.50. The number of nitrogens with two attached hydrogens (primary N) is 1. The Morgan fingerprint density at radius 3 is 2.04 bits per heavy atom. The van der Waals surface area contributed by atoms with Gasteiger partial charge in [-0.2, -0.15) is 0 Å². The summed E-state index contributed by atoms with van der Waals surface area (Å²) in [6.07, 6.45) is 0. The summed E-state index contributed by atoms with van der Waals surface area (Å²) in [7, 11) is 2.68. The van der Waals surface area contributed by atoms with Crippen LogP contribution < -0.4 is 11.1 Å². The number of hydrogen-bond donors (Lipinski definition) is 3. The first-order valence-corrected chi connectivity index (χ1v) is 8.81. The predicted molar refractivity (Wildman–Crippen MR) is 97.4 cm³/mol. The van der Waals surface area contributed by atoms with E-state index >= 15 is 0 Å². The maximum absolute atomic E-state index is 10.8. The van der Waals surface area contributed by atoms with Crippen molar-refractivity contribution >= 4 is 27.1 Å². The number of carbonyl (C=O) groups is 1. The highest BCUT2D eigenvalue weighted by Gasteiger charge is 2.26. The van der Waals surface area contributed by atoms with Gasteiger partial charge in [0.15, 0.2) is 0 Å². The number of ether oxygens (including phenoxy) is 4. The second-order valence-electron chi connectivity index (χ2n) is 5.37. The van der Waals surface area contributed by atoms with Crippen molar-refractivity contribution in [2.75, 3.05) is 59.3 Å². The van der Waals surface area contributed by atoms with Crippen LogP contribution in [0, 0.1) is 0 Å². The van der Waals surface area contributed by atoms with Crippen LogP contribution in [0.25, 0.3) is 0 Å². The highest BCUT2D eigenvalue weighted by molar-refractivity contribution is 7.96. The van der Waals surface area contributed by atoms with Gasteiger partial charge >= 0.3 is 0 Å². The van der Waals surface area contributed by atoms with Gasteiger partial charge in [0.05, 0.1) is 51.8 Å². The Morgan fingerprint density at radius 1 is 1.09 bits per heavy atom. The molecule has 0 aromatic carbocycles. The van der Waals surface area contributed by atoms with E-state index in [0.29, 0.717) is 59.3 Å². The lowest BCUT2D eigenvalue weighted by molar-refractivity contribution is -0.0539. The molecule has 2 atom stereocenters. The quantitative estimate of drug-likeness (QED) is 0.223. The summed E-state index contributed by atoms with van der Waals surface area (Å²) in [6.45, 7) is 8.61. The fourth-order valence-corrected chi connectivity index (χ4v) is 1.84. The SMILES string of the molecule is CC(C)(OCCOCCOCCOCCN)C(P)CNC(=O)S. The second-order valence-corrected chi connectivity index (χ2v) is 6.58. The lowest BCUT2D eigenvalue weighted by Crippen LogP contribution is -2.42. The molecule has 0 radical (unpaired) electrons. The molecular weight excluding hydrogens is 339 g/mol. The van der Waals surface area contributed by atoms with Gasteiger partial charge in [-0.25, -0.2) is 0 Å². The molecule has 0 heterocycles. The summed E-state index contributed by atoms with van der Waals surface area (Å²) in [5.74, 6) is 0. The molecule has 1 amide bonds. The smallest absolute Gasteiger partial charge is 0.276 e. The minimum absolute atomic E-state index is 0.0791. The Hall–Kier alpha value is 0.0500. The molecule has 0 aromatic heterocycles. The van der Waals surface area contributed by atoms with Gasteiger partial charge in [0.1, 0.15) is 0 Å². The van der Waals surface area contributed by atoms with E-state index in [9.17, 15) is 4.79 Å². The van der Waals surface area contributed by atoms with Crippen LogP contribution in [0.1, 0.15) is 13.8 Å². The molecule has 0 aliphatic heterocycles. The van der Waals surface area contributed by atoms with Gasteiger partial charge in [-0.1, -0.05) is 12.6 Å². The number of hydrogen-bond acceptors (Lipinski definition) is 6. The van der Waals surface area contributed by atoms with E-state index in [-0.39, 0.29) is 16.5 Å². The Morgan fingerprint density at radius 2 is 1.57 bits per heavy atom. The van der Waals surface area contributed by atoms with Crippen molar-refractivity contribution in [3.05, 3.63) is 0 Å². The van der Waals surface area contributed by atoms with Gasteiger partial charge < -0.3 is 30.0 Å². The van der Waals surface area contributed by atoms with Crippen LogP contribution in [-0.2, 0) is 18.9 Å². The Bertz CT molecular complexity index is 311. The molecule has 9 heteroatoms. The van der Waals surface area contributed by atoms with E-state index < -0.39 is 0 Å². The molecular formula is C14H31N2O5PS. The zero-order valence-corrected chi connectivity index (χ0v) is 16.1. The largest absolute Gasteiger partial charge is 0.378 e. The number of amides is 1. The molecule has 7 nitrogen and oxygen atoms in total. The van der Waals surface area contributed by atoms with Gasteiger partial charge in [0.2, 0.25) is 0 Å². The van der Waals surface area contributed by atoms with E-state index in [4.69, 9.17) is 24.7 Å². The fraction of sp³-hybridized carbons (Fsp3) is 0.929. The number of rotatable bonds is 15. The minimum atomic E-state index is -0.388. The zero-order chi connectivity index (χ0) is 17.6. The molecule has 0 aliphatic carbocycles. The van der Waals surface area contributed by atoms with E-state index in [1.165, 1.54) is 0 Å². The molecule has 2 unspecified atom stereocenters. The van der Waals surface area contributed by atoms with Crippen LogP contribution in [0.3, 0.4) is 0 Å². The fourth-order valence-electron chi connectivity index (χ4n) is 1.54. The molecule has 0 fully saturated rings. The standard InChI is InChI=1S/C14H31N2O5PS/c1-14(2,12(22)11-16-13(17)23)21-10-9-20-8-7-19-6-5-18-4-3-15/h12H,3-11,15,22H2,1-2H3,(H2,16,17,23). The van der Waals surface area contributed by atoms with Crippen LogP contribution in [0.2, 0.25) is 0 Å². The minimum Gasteiger partial charge on any atom is -0.378 e. The highest BCUT2D eigenvalue weighted by Crippen LogP contribution is 2.21. The third-order valence-corrected chi connectivity index (χ3v) is 4.27. The summed E-state index contributed by atoms with van der Waals surface area (Å²) >= 11 is 3.67. The third kappa shape index (κ3) is 14.1.